The van der Waals surface area contributed by atoms with Crippen molar-refractivity contribution in [1.82, 2.24) is 10.2 Å². The molecule has 3 heteroatoms. The molecule has 18 heavy (non-hydrogen) atoms. The van der Waals surface area contributed by atoms with Crippen molar-refractivity contribution in [2.75, 3.05) is 19.6 Å². The van der Waals surface area contributed by atoms with Crippen molar-refractivity contribution in [3.8, 4) is 0 Å². The quantitative estimate of drug-likeness (QED) is 0.809. The predicted molar refractivity (Wildman–Crippen MR) is 72.2 cm³/mol. The molecule has 1 saturated heterocycles. The molecule has 0 aromatic carbocycles. The van der Waals surface area contributed by atoms with E-state index in [1.54, 1.807) is 0 Å². The largest absolute Gasteiger partial charge is 0.339 e. The molecular formula is C15H26N2O. The van der Waals surface area contributed by atoms with E-state index in [0.717, 1.165) is 25.6 Å². The molecule has 0 bridgehead atoms. The average Bonchev–Trinajstić information content (AvgIpc) is 3.28. The lowest BCUT2D eigenvalue weighted by Gasteiger charge is -2.32. The zero-order valence-corrected chi connectivity index (χ0v) is 11.5. The van der Waals surface area contributed by atoms with Gasteiger partial charge in [0.1, 0.15) is 0 Å². The van der Waals surface area contributed by atoms with Crippen molar-refractivity contribution < 1.29 is 4.79 Å². The first-order chi connectivity index (χ1) is 8.75. The fourth-order valence-electron chi connectivity index (χ4n) is 3.21. The lowest BCUT2D eigenvalue weighted by Crippen LogP contribution is -2.43. The summed E-state index contributed by atoms with van der Waals surface area (Å²) in [5, 5.41) is 3.41. The highest BCUT2D eigenvalue weighted by atomic mass is 16.2. The number of hydrogen-bond donors (Lipinski definition) is 1. The molecule has 0 spiro atoms. The van der Waals surface area contributed by atoms with E-state index in [9.17, 15) is 4.79 Å². The minimum Gasteiger partial charge on any atom is -0.339 e. The van der Waals surface area contributed by atoms with Gasteiger partial charge in [0.05, 0.1) is 0 Å². The molecule has 0 radical (unpaired) electrons. The van der Waals surface area contributed by atoms with Crippen molar-refractivity contribution in [2.45, 2.75) is 51.5 Å². The summed E-state index contributed by atoms with van der Waals surface area (Å²) in [7, 11) is 0. The summed E-state index contributed by atoms with van der Waals surface area (Å²) in [4.78, 5) is 14.8. The Balaban J connectivity index is 1.58. The minimum absolute atomic E-state index is 0.285. The number of nitrogens with zero attached hydrogens (tertiary/aromatic N) is 1. The zero-order chi connectivity index (χ0) is 12.5. The Bertz CT molecular complexity index is 304. The van der Waals surface area contributed by atoms with Crippen LogP contribution in [0.15, 0.2) is 0 Å². The van der Waals surface area contributed by atoms with E-state index in [0.29, 0.717) is 17.9 Å². The molecule has 1 heterocycles. The van der Waals surface area contributed by atoms with Crippen LogP contribution in [0.5, 0.6) is 0 Å². The Morgan fingerprint density at radius 3 is 2.39 bits per heavy atom. The Hall–Kier alpha value is -0.570. The van der Waals surface area contributed by atoms with E-state index in [2.05, 4.69) is 17.1 Å². The van der Waals surface area contributed by atoms with Crippen LogP contribution in [0.1, 0.15) is 45.4 Å². The highest BCUT2D eigenvalue weighted by Crippen LogP contribution is 2.39. The molecule has 1 atom stereocenters. The minimum atomic E-state index is 0.285. The summed E-state index contributed by atoms with van der Waals surface area (Å²) >= 11 is 0. The topological polar surface area (TPSA) is 32.3 Å². The van der Waals surface area contributed by atoms with Crippen LogP contribution in [0.25, 0.3) is 0 Å². The third-order valence-electron chi connectivity index (χ3n) is 4.90. The number of nitrogens with one attached hydrogen (secondary N) is 1. The second-order valence-corrected chi connectivity index (χ2v) is 6.54. The molecule has 0 aromatic rings. The Morgan fingerprint density at radius 1 is 1.17 bits per heavy atom. The molecule has 2 saturated carbocycles. The van der Waals surface area contributed by atoms with Gasteiger partial charge in [-0.3, -0.25) is 4.79 Å². The monoisotopic (exact) mass is 250 g/mol. The van der Waals surface area contributed by atoms with E-state index >= 15 is 0 Å². The maximum Gasteiger partial charge on any atom is 0.225 e. The van der Waals surface area contributed by atoms with E-state index < -0.39 is 0 Å². The lowest BCUT2D eigenvalue weighted by molar-refractivity contribution is -0.137. The highest BCUT2D eigenvalue weighted by Gasteiger charge is 2.40. The first kappa shape index (κ1) is 12.5. The summed E-state index contributed by atoms with van der Waals surface area (Å²) in [6.07, 6.45) is 7.53. The molecule has 1 N–H and O–H groups in total. The van der Waals surface area contributed by atoms with Crippen LogP contribution in [0.3, 0.4) is 0 Å². The van der Waals surface area contributed by atoms with E-state index in [1.807, 2.05) is 0 Å². The summed E-state index contributed by atoms with van der Waals surface area (Å²) < 4.78 is 0. The van der Waals surface area contributed by atoms with Crippen LogP contribution in [0.4, 0.5) is 0 Å². The van der Waals surface area contributed by atoms with Gasteiger partial charge in [0, 0.05) is 18.5 Å². The maximum absolute atomic E-state index is 12.6. The van der Waals surface area contributed by atoms with Crippen molar-refractivity contribution in [3.63, 3.8) is 0 Å². The highest BCUT2D eigenvalue weighted by molar-refractivity contribution is 5.79. The second-order valence-electron chi connectivity index (χ2n) is 6.54. The molecule has 2 aliphatic carbocycles. The van der Waals surface area contributed by atoms with Gasteiger partial charge in [-0.25, -0.2) is 0 Å². The maximum atomic E-state index is 12.6. The molecule has 3 nitrogen and oxygen atoms in total. The Kier molecular flexibility index (Phi) is 3.60. The van der Waals surface area contributed by atoms with Gasteiger partial charge in [0.25, 0.3) is 0 Å². The molecule has 3 rings (SSSR count). The number of hydrogen-bond acceptors (Lipinski definition) is 2. The second kappa shape index (κ2) is 5.20. The number of rotatable bonds is 5. The Labute approximate surface area is 110 Å². The first-order valence-corrected chi connectivity index (χ1v) is 7.77. The standard InChI is InChI=1S/C15H26N2O/c1-11(13-2-3-13)15(18)17(14-4-5-14)10-12-6-8-16-9-7-12/h11-14,16H,2-10H2,1H3. The van der Waals surface area contributed by atoms with Gasteiger partial charge in [-0.2, -0.15) is 0 Å². The fraction of sp³-hybridized carbons (Fsp3) is 0.933. The summed E-state index contributed by atoms with van der Waals surface area (Å²) in [6.45, 7) is 5.45. The third-order valence-corrected chi connectivity index (χ3v) is 4.90. The third kappa shape index (κ3) is 2.87. The van der Waals surface area contributed by atoms with Gasteiger partial charge >= 0.3 is 0 Å². The van der Waals surface area contributed by atoms with Crippen LogP contribution in [-0.2, 0) is 4.79 Å². The van der Waals surface area contributed by atoms with Gasteiger partial charge in [0.2, 0.25) is 5.91 Å². The number of piperidine rings is 1. The van der Waals surface area contributed by atoms with Crippen LogP contribution in [0.2, 0.25) is 0 Å². The van der Waals surface area contributed by atoms with Gasteiger partial charge in [-0.15, -0.1) is 0 Å². The normalized spacial score (nSPS) is 26.9. The van der Waals surface area contributed by atoms with Crippen molar-refractivity contribution >= 4 is 5.91 Å². The SMILES string of the molecule is CC(C(=O)N(CC1CCNCC1)C1CC1)C1CC1. The van der Waals surface area contributed by atoms with Gasteiger partial charge in [-0.05, 0) is 63.5 Å². The smallest absolute Gasteiger partial charge is 0.225 e. The number of carbonyl (C=O) groups excluding carboxylic acids is 1. The zero-order valence-electron chi connectivity index (χ0n) is 11.5. The van der Waals surface area contributed by atoms with E-state index in [-0.39, 0.29) is 5.92 Å². The number of carbonyl (C=O) groups is 1. The van der Waals surface area contributed by atoms with E-state index in [4.69, 9.17) is 0 Å². The molecule has 1 amide bonds. The fourth-order valence-corrected chi connectivity index (χ4v) is 3.21. The van der Waals surface area contributed by atoms with Crippen molar-refractivity contribution in [1.29, 1.82) is 0 Å². The van der Waals surface area contributed by atoms with Crippen LogP contribution in [0, 0.1) is 17.8 Å². The van der Waals surface area contributed by atoms with Gasteiger partial charge < -0.3 is 10.2 Å². The van der Waals surface area contributed by atoms with Crippen LogP contribution in [-0.4, -0.2) is 36.5 Å². The molecule has 1 aliphatic heterocycles. The predicted octanol–water partition coefficient (Wildman–Crippen LogP) is 2.02. The number of amides is 1. The van der Waals surface area contributed by atoms with Crippen LogP contribution < -0.4 is 5.32 Å². The molecule has 1 unspecified atom stereocenters. The average molecular weight is 250 g/mol. The lowest BCUT2D eigenvalue weighted by atomic mass is 9.96. The Morgan fingerprint density at radius 2 is 1.83 bits per heavy atom. The van der Waals surface area contributed by atoms with E-state index in [1.165, 1.54) is 38.5 Å². The summed E-state index contributed by atoms with van der Waals surface area (Å²) in [6, 6.07) is 0.591. The van der Waals surface area contributed by atoms with Crippen LogP contribution >= 0.6 is 0 Å². The first-order valence-electron chi connectivity index (χ1n) is 7.77. The van der Waals surface area contributed by atoms with Crippen molar-refractivity contribution in [3.05, 3.63) is 0 Å². The molecular weight excluding hydrogens is 224 g/mol. The molecule has 0 aromatic heterocycles. The van der Waals surface area contributed by atoms with Gasteiger partial charge in [-0.1, -0.05) is 6.92 Å². The molecule has 102 valence electrons. The van der Waals surface area contributed by atoms with Gasteiger partial charge in [0.15, 0.2) is 0 Å². The van der Waals surface area contributed by atoms with Crippen molar-refractivity contribution in [2.24, 2.45) is 17.8 Å². The molecule has 3 fully saturated rings. The summed E-state index contributed by atoms with van der Waals surface area (Å²) in [5.74, 6) is 2.18. The summed E-state index contributed by atoms with van der Waals surface area (Å²) in [5.41, 5.74) is 0. The molecule has 3 aliphatic rings.